The first-order valence-electron chi connectivity index (χ1n) is 6.38. The lowest BCUT2D eigenvalue weighted by molar-refractivity contribution is -0.137. The number of benzene rings is 1. The maximum Gasteiger partial charge on any atom is 0.303 e. The average molecular weight is 271 g/mol. The highest BCUT2D eigenvalue weighted by molar-refractivity contribution is 5.66. The third kappa shape index (κ3) is 6.29. The van der Waals surface area contributed by atoms with E-state index in [1.807, 2.05) is 6.92 Å². The van der Waals surface area contributed by atoms with Crippen LogP contribution in [0.2, 0.25) is 0 Å². The van der Waals surface area contributed by atoms with Gasteiger partial charge < -0.3 is 10.4 Å². The maximum absolute atomic E-state index is 13.4. The Balaban J connectivity index is 2.26. The molecule has 0 aliphatic carbocycles. The normalized spacial score (nSPS) is 12.4. The highest BCUT2D eigenvalue weighted by Gasteiger charge is 2.07. The third-order valence-corrected chi connectivity index (χ3v) is 2.92. The van der Waals surface area contributed by atoms with Crippen LogP contribution in [0.1, 0.15) is 31.7 Å². The highest BCUT2D eigenvalue weighted by atomic mass is 19.1. The maximum atomic E-state index is 13.4. The van der Waals surface area contributed by atoms with Crippen molar-refractivity contribution in [2.75, 3.05) is 6.54 Å². The Morgan fingerprint density at radius 3 is 2.79 bits per heavy atom. The van der Waals surface area contributed by atoms with Gasteiger partial charge in [0.05, 0.1) is 0 Å². The fourth-order valence-corrected chi connectivity index (χ4v) is 1.79. The van der Waals surface area contributed by atoms with Crippen LogP contribution in [0.4, 0.5) is 8.78 Å². The minimum Gasteiger partial charge on any atom is -0.481 e. The van der Waals surface area contributed by atoms with Crippen LogP contribution in [-0.4, -0.2) is 23.7 Å². The van der Waals surface area contributed by atoms with Crippen LogP contribution in [-0.2, 0) is 11.2 Å². The number of aryl methyl sites for hydroxylation is 1. The average Bonchev–Trinajstić information content (AvgIpc) is 2.33. The summed E-state index contributed by atoms with van der Waals surface area (Å²) in [6.07, 6.45) is 1.96. The van der Waals surface area contributed by atoms with Crippen LogP contribution in [0, 0.1) is 11.6 Å². The smallest absolute Gasteiger partial charge is 0.303 e. The summed E-state index contributed by atoms with van der Waals surface area (Å²) in [5.41, 5.74) is 0.501. The zero-order valence-corrected chi connectivity index (χ0v) is 11.0. The van der Waals surface area contributed by atoms with Gasteiger partial charge in [-0.15, -0.1) is 0 Å². The fraction of sp³-hybridized carbons (Fsp3) is 0.500. The van der Waals surface area contributed by atoms with Crippen molar-refractivity contribution < 1.29 is 18.7 Å². The van der Waals surface area contributed by atoms with Crippen molar-refractivity contribution in [1.82, 2.24) is 5.32 Å². The molecule has 0 aromatic heterocycles. The number of hydrogen-bond donors (Lipinski definition) is 2. The summed E-state index contributed by atoms with van der Waals surface area (Å²) in [7, 11) is 0. The molecular weight excluding hydrogens is 252 g/mol. The summed E-state index contributed by atoms with van der Waals surface area (Å²) in [5.74, 6) is -1.89. The molecule has 1 rings (SSSR count). The number of hydrogen-bond acceptors (Lipinski definition) is 2. The van der Waals surface area contributed by atoms with Gasteiger partial charge in [0, 0.05) is 18.5 Å². The van der Waals surface area contributed by atoms with E-state index in [2.05, 4.69) is 5.32 Å². The van der Waals surface area contributed by atoms with Gasteiger partial charge in [-0.2, -0.15) is 0 Å². The minimum absolute atomic E-state index is 0.145. The SMILES string of the molecule is CC(CCc1ccc(F)cc1F)NCCCC(=O)O. The van der Waals surface area contributed by atoms with Gasteiger partial charge in [-0.05, 0) is 44.4 Å². The van der Waals surface area contributed by atoms with Crippen molar-refractivity contribution in [1.29, 1.82) is 0 Å². The summed E-state index contributed by atoms with van der Waals surface area (Å²) in [4.78, 5) is 10.3. The lowest BCUT2D eigenvalue weighted by atomic mass is 10.1. The number of carboxylic acids is 1. The van der Waals surface area contributed by atoms with Crippen molar-refractivity contribution in [3.8, 4) is 0 Å². The Bertz CT molecular complexity index is 424. The molecule has 0 fully saturated rings. The topological polar surface area (TPSA) is 49.3 Å². The Morgan fingerprint density at radius 1 is 1.42 bits per heavy atom. The first-order valence-corrected chi connectivity index (χ1v) is 6.38. The summed E-state index contributed by atoms with van der Waals surface area (Å²) >= 11 is 0. The molecule has 2 N–H and O–H groups in total. The van der Waals surface area contributed by atoms with Gasteiger partial charge in [0.2, 0.25) is 0 Å². The molecule has 0 saturated heterocycles. The molecule has 1 unspecified atom stereocenters. The Labute approximate surface area is 111 Å². The summed E-state index contributed by atoms with van der Waals surface area (Å²) in [5, 5.41) is 11.7. The van der Waals surface area contributed by atoms with E-state index in [0.717, 1.165) is 12.5 Å². The van der Waals surface area contributed by atoms with Gasteiger partial charge in [-0.25, -0.2) is 8.78 Å². The Hall–Kier alpha value is -1.49. The predicted molar refractivity (Wildman–Crippen MR) is 69.0 cm³/mol. The Morgan fingerprint density at radius 2 is 2.16 bits per heavy atom. The zero-order chi connectivity index (χ0) is 14.3. The molecule has 0 spiro atoms. The monoisotopic (exact) mass is 271 g/mol. The largest absolute Gasteiger partial charge is 0.481 e. The molecule has 1 aromatic rings. The fourth-order valence-electron chi connectivity index (χ4n) is 1.79. The Kier molecular flexibility index (Phi) is 6.42. The van der Waals surface area contributed by atoms with E-state index in [4.69, 9.17) is 5.11 Å². The zero-order valence-electron chi connectivity index (χ0n) is 11.0. The van der Waals surface area contributed by atoms with Gasteiger partial charge in [0.1, 0.15) is 11.6 Å². The number of carbonyl (C=O) groups is 1. The second kappa shape index (κ2) is 7.84. The van der Waals surface area contributed by atoms with E-state index in [1.54, 1.807) is 0 Å². The molecule has 19 heavy (non-hydrogen) atoms. The van der Waals surface area contributed by atoms with Gasteiger partial charge in [0.15, 0.2) is 0 Å². The quantitative estimate of drug-likeness (QED) is 0.715. The van der Waals surface area contributed by atoms with Crippen LogP contribution in [0.25, 0.3) is 0 Å². The lowest BCUT2D eigenvalue weighted by Gasteiger charge is -2.13. The molecule has 1 aromatic carbocycles. The number of rotatable bonds is 8. The molecule has 0 bridgehead atoms. The second-order valence-electron chi connectivity index (χ2n) is 4.63. The number of halogens is 2. The van der Waals surface area contributed by atoms with Crippen LogP contribution in [0.15, 0.2) is 18.2 Å². The first kappa shape index (κ1) is 15.6. The molecular formula is C14H19F2NO2. The molecule has 0 radical (unpaired) electrons. The van der Waals surface area contributed by atoms with E-state index in [9.17, 15) is 13.6 Å². The van der Waals surface area contributed by atoms with Gasteiger partial charge in [-0.1, -0.05) is 6.07 Å². The first-order chi connectivity index (χ1) is 8.99. The molecule has 1 atom stereocenters. The molecule has 106 valence electrons. The summed E-state index contributed by atoms with van der Waals surface area (Å²) in [6.45, 7) is 2.58. The lowest BCUT2D eigenvalue weighted by Crippen LogP contribution is -2.27. The molecule has 3 nitrogen and oxygen atoms in total. The van der Waals surface area contributed by atoms with Crippen LogP contribution >= 0.6 is 0 Å². The highest BCUT2D eigenvalue weighted by Crippen LogP contribution is 2.12. The second-order valence-corrected chi connectivity index (χ2v) is 4.63. The van der Waals surface area contributed by atoms with E-state index < -0.39 is 17.6 Å². The van der Waals surface area contributed by atoms with E-state index >= 15 is 0 Å². The van der Waals surface area contributed by atoms with Crippen LogP contribution in [0.5, 0.6) is 0 Å². The molecule has 0 aliphatic rings. The predicted octanol–water partition coefficient (Wildman–Crippen LogP) is 2.74. The molecule has 5 heteroatoms. The van der Waals surface area contributed by atoms with Gasteiger partial charge >= 0.3 is 5.97 Å². The minimum atomic E-state index is -0.803. The van der Waals surface area contributed by atoms with Crippen LogP contribution in [0.3, 0.4) is 0 Å². The van der Waals surface area contributed by atoms with Crippen molar-refractivity contribution in [3.63, 3.8) is 0 Å². The van der Waals surface area contributed by atoms with Crippen molar-refractivity contribution in [3.05, 3.63) is 35.4 Å². The number of aliphatic carboxylic acids is 1. The summed E-state index contributed by atoms with van der Waals surface area (Å²) < 4.78 is 26.1. The van der Waals surface area contributed by atoms with E-state index in [-0.39, 0.29) is 12.5 Å². The number of nitrogens with one attached hydrogen (secondary N) is 1. The molecule has 0 aliphatic heterocycles. The van der Waals surface area contributed by atoms with E-state index in [1.165, 1.54) is 12.1 Å². The van der Waals surface area contributed by atoms with E-state index in [0.29, 0.717) is 24.9 Å². The van der Waals surface area contributed by atoms with Crippen molar-refractivity contribution >= 4 is 5.97 Å². The third-order valence-electron chi connectivity index (χ3n) is 2.92. The van der Waals surface area contributed by atoms with Gasteiger partial charge in [0.25, 0.3) is 0 Å². The molecule has 0 amide bonds. The van der Waals surface area contributed by atoms with Crippen LogP contribution < -0.4 is 5.32 Å². The summed E-state index contributed by atoms with van der Waals surface area (Å²) in [6, 6.07) is 3.77. The molecule has 0 heterocycles. The van der Waals surface area contributed by atoms with Crippen molar-refractivity contribution in [2.45, 2.75) is 38.6 Å². The molecule has 0 saturated carbocycles. The van der Waals surface area contributed by atoms with Crippen molar-refractivity contribution in [2.24, 2.45) is 0 Å². The van der Waals surface area contributed by atoms with Gasteiger partial charge in [-0.3, -0.25) is 4.79 Å². The number of carboxylic acid groups (broad SMARTS) is 1. The standard InChI is InChI=1S/C14H19F2NO2/c1-10(17-8-2-3-14(18)19)4-5-11-6-7-12(15)9-13(11)16/h6-7,9-10,17H,2-5,8H2,1H3,(H,18,19).